The summed E-state index contributed by atoms with van der Waals surface area (Å²) in [6, 6.07) is -0.0138. The van der Waals surface area contributed by atoms with Crippen molar-refractivity contribution in [3.63, 3.8) is 0 Å². The maximum atomic E-state index is 5.89. The van der Waals surface area contributed by atoms with Crippen LogP contribution in [0.4, 0.5) is 0 Å². The zero-order valence-corrected chi connectivity index (χ0v) is 8.70. The fourth-order valence-electron chi connectivity index (χ4n) is 1.29. The Morgan fingerprint density at radius 1 is 1.50 bits per heavy atom. The highest BCUT2D eigenvalue weighted by atomic mass is 16.5. The van der Waals surface area contributed by atoms with E-state index in [1.807, 2.05) is 0 Å². The Kier molecular flexibility index (Phi) is 5.59. The van der Waals surface area contributed by atoms with Gasteiger partial charge in [-0.1, -0.05) is 0 Å². The van der Waals surface area contributed by atoms with Crippen molar-refractivity contribution in [3.8, 4) is 0 Å². The first-order chi connectivity index (χ1) is 6.84. The van der Waals surface area contributed by atoms with Gasteiger partial charge in [0.2, 0.25) is 0 Å². The van der Waals surface area contributed by atoms with Gasteiger partial charge in [-0.25, -0.2) is 0 Å². The van der Waals surface area contributed by atoms with E-state index in [-0.39, 0.29) is 6.04 Å². The molecule has 1 aliphatic heterocycles. The first-order valence-corrected chi connectivity index (χ1v) is 4.99. The predicted octanol–water partition coefficient (Wildman–Crippen LogP) is 0.671. The Bertz CT molecular complexity index is 182. The second-order valence-electron chi connectivity index (χ2n) is 3.24. The Hall–Kier alpha value is -0.580. The van der Waals surface area contributed by atoms with Crippen molar-refractivity contribution in [2.75, 3.05) is 33.5 Å². The molecule has 14 heavy (non-hydrogen) atoms. The minimum absolute atomic E-state index is 0.0138. The van der Waals surface area contributed by atoms with Gasteiger partial charge in [0, 0.05) is 20.1 Å². The van der Waals surface area contributed by atoms with E-state index in [1.165, 1.54) is 0 Å². The van der Waals surface area contributed by atoms with Crippen LogP contribution < -0.4 is 5.73 Å². The first-order valence-electron chi connectivity index (χ1n) is 4.99. The van der Waals surface area contributed by atoms with E-state index in [0.29, 0.717) is 19.8 Å². The molecule has 1 atom stereocenters. The third kappa shape index (κ3) is 4.09. The molecule has 0 amide bonds. The van der Waals surface area contributed by atoms with Crippen molar-refractivity contribution in [1.82, 2.24) is 0 Å². The summed E-state index contributed by atoms with van der Waals surface area (Å²) in [6.45, 7) is 2.69. The molecule has 1 heterocycles. The van der Waals surface area contributed by atoms with E-state index in [2.05, 4.69) is 6.08 Å². The lowest BCUT2D eigenvalue weighted by Crippen LogP contribution is -2.25. The normalized spacial score (nSPS) is 17.7. The fraction of sp³-hybridized carbons (Fsp3) is 0.800. The topological polar surface area (TPSA) is 53.7 Å². The smallest absolute Gasteiger partial charge is 0.109 e. The molecular formula is C10H19NO3. The highest BCUT2D eigenvalue weighted by Gasteiger charge is 2.13. The fourth-order valence-corrected chi connectivity index (χ4v) is 1.29. The molecule has 0 fully saturated rings. The minimum Gasteiger partial charge on any atom is -0.496 e. The van der Waals surface area contributed by atoms with E-state index in [9.17, 15) is 0 Å². The monoisotopic (exact) mass is 201 g/mol. The van der Waals surface area contributed by atoms with E-state index >= 15 is 0 Å². The molecule has 1 aliphatic rings. The maximum absolute atomic E-state index is 5.89. The predicted molar refractivity (Wildman–Crippen MR) is 53.9 cm³/mol. The van der Waals surface area contributed by atoms with Gasteiger partial charge in [0.25, 0.3) is 0 Å². The van der Waals surface area contributed by atoms with Crippen LogP contribution in [0.3, 0.4) is 0 Å². The first kappa shape index (κ1) is 11.5. The molecule has 0 aromatic heterocycles. The van der Waals surface area contributed by atoms with Crippen molar-refractivity contribution in [2.24, 2.45) is 5.73 Å². The molecule has 0 spiro atoms. The van der Waals surface area contributed by atoms with Crippen LogP contribution >= 0.6 is 0 Å². The van der Waals surface area contributed by atoms with Crippen molar-refractivity contribution in [2.45, 2.75) is 18.9 Å². The molecule has 0 bridgehead atoms. The molecular weight excluding hydrogens is 182 g/mol. The minimum atomic E-state index is -0.0138. The lowest BCUT2D eigenvalue weighted by Gasteiger charge is -2.12. The summed E-state index contributed by atoms with van der Waals surface area (Å²) < 4.78 is 15.5. The van der Waals surface area contributed by atoms with Crippen molar-refractivity contribution < 1.29 is 14.2 Å². The zero-order chi connectivity index (χ0) is 10.2. The molecule has 1 rings (SSSR count). The summed E-state index contributed by atoms with van der Waals surface area (Å²) >= 11 is 0. The standard InChI is InChI=1S/C10H19NO3/c1-12-7-8-13-6-4-9(11)10-3-2-5-14-10/h3,9H,2,4-8,11H2,1H3. The van der Waals surface area contributed by atoms with Gasteiger partial charge in [0.05, 0.1) is 25.9 Å². The van der Waals surface area contributed by atoms with Crippen LogP contribution in [0.15, 0.2) is 11.8 Å². The molecule has 4 heteroatoms. The summed E-state index contributed by atoms with van der Waals surface area (Å²) in [6.07, 6.45) is 3.84. The molecule has 0 saturated heterocycles. The molecule has 2 N–H and O–H groups in total. The Balaban J connectivity index is 2.00. The summed E-state index contributed by atoms with van der Waals surface area (Å²) in [4.78, 5) is 0. The van der Waals surface area contributed by atoms with Crippen LogP contribution in [0.5, 0.6) is 0 Å². The second-order valence-corrected chi connectivity index (χ2v) is 3.24. The van der Waals surface area contributed by atoms with Gasteiger partial charge >= 0.3 is 0 Å². The van der Waals surface area contributed by atoms with Gasteiger partial charge in [0.1, 0.15) is 5.76 Å². The van der Waals surface area contributed by atoms with Crippen molar-refractivity contribution >= 4 is 0 Å². The molecule has 4 nitrogen and oxygen atoms in total. The molecule has 0 radical (unpaired) electrons. The van der Waals surface area contributed by atoms with Crippen LogP contribution in [0, 0.1) is 0 Å². The maximum Gasteiger partial charge on any atom is 0.109 e. The molecule has 0 saturated carbocycles. The lowest BCUT2D eigenvalue weighted by molar-refractivity contribution is 0.0661. The highest BCUT2D eigenvalue weighted by molar-refractivity contribution is 5.05. The average molecular weight is 201 g/mol. The van der Waals surface area contributed by atoms with Gasteiger partial charge in [-0.15, -0.1) is 0 Å². The van der Waals surface area contributed by atoms with Crippen LogP contribution in [-0.2, 0) is 14.2 Å². The zero-order valence-electron chi connectivity index (χ0n) is 8.70. The molecule has 82 valence electrons. The summed E-state index contributed by atoms with van der Waals surface area (Å²) in [5, 5.41) is 0. The highest BCUT2D eigenvalue weighted by Crippen LogP contribution is 2.13. The van der Waals surface area contributed by atoms with E-state index in [4.69, 9.17) is 19.9 Å². The third-order valence-electron chi connectivity index (χ3n) is 2.10. The van der Waals surface area contributed by atoms with Crippen molar-refractivity contribution in [1.29, 1.82) is 0 Å². The number of methoxy groups -OCH3 is 1. The van der Waals surface area contributed by atoms with Gasteiger partial charge in [-0.05, 0) is 12.5 Å². The largest absolute Gasteiger partial charge is 0.496 e. The SMILES string of the molecule is COCCOCCC(N)C1=CCCO1. The average Bonchev–Trinajstić information content (AvgIpc) is 2.70. The Labute approximate surface area is 85.0 Å². The van der Waals surface area contributed by atoms with Gasteiger partial charge in [0.15, 0.2) is 0 Å². The van der Waals surface area contributed by atoms with Crippen LogP contribution in [0.2, 0.25) is 0 Å². The number of rotatable bonds is 7. The van der Waals surface area contributed by atoms with E-state index < -0.39 is 0 Å². The van der Waals surface area contributed by atoms with Crippen LogP contribution in [0.25, 0.3) is 0 Å². The molecule has 0 aromatic carbocycles. The van der Waals surface area contributed by atoms with E-state index in [1.54, 1.807) is 7.11 Å². The number of ether oxygens (including phenoxy) is 3. The van der Waals surface area contributed by atoms with Gasteiger partial charge in [-0.3, -0.25) is 0 Å². The van der Waals surface area contributed by atoms with Crippen LogP contribution in [-0.4, -0.2) is 39.6 Å². The summed E-state index contributed by atoms with van der Waals surface area (Å²) in [5.41, 5.74) is 5.89. The number of hydrogen-bond acceptors (Lipinski definition) is 4. The molecule has 0 aliphatic carbocycles. The number of hydrogen-bond donors (Lipinski definition) is 1. The molecule has 1 unspecified atom stereocenters. The Morgan fingerprint density at radius 3 is 3.00 bits per heavy atom. The number of nitrogens with two attached hydrogens (primary N) is 1. The van der Waals surface area contributed by atoms with Crippen molar-refractivity contribution in [3.05, 3.63) is 11.8 Å². The summed E-state index contributed by atoms with van der Waals surface area (Å²) in [7, 11) is 1.66. The lowest BCUT2D eigenvalue weighted by atomic mass is 10.2. The second kappa shape index (κ2) is 6.81. The molecule has 0 aromatic rings. The van der Waals surface area contributed by atoms with Gasteiger partial charge in [-0.2, -0.15) is 0 Å². The third-order valence-corrected chi connectivity index (χ3v) is 2.10. The summed E-state index contributed by atoms with van der Waals surface area (Å²) in [5.74, 6) is 0.917. The van der Waals surface area contributed by atoms with Gasteiger partial charge < -0.3 is 19.9 Å². The Morgan fingerprint density at radius 2 is 2.36 bits per heavy atom. The van der Waals surface area contributed by atoms with E-state index in [0.717, 1.165) is 25.2 Å². The van der Waals surface area contributed by atoms with Crippen LogP contribution in [0.1, 0.15) is 12.8 Å². The quantitative estimate of drug-likeness (QED) is 0.615.